The van der Waals surface area contributed by atoms with Crippen LogP contribution in [0.2, 0.25) is 0 Å². The zero-order valence-corrected chi connectivity index (χ0v) is 9.51. The fraction of sp³-hybridized carbons (Fsp3) is 1.00. The SMILES string of the molecule is CCC(C)CC(CCOCC(F)F)NN. The van der Waals surface area contributed by atoms with E-state index < -0.39 is 13.0 Å². The third kappa shape index (κ3) is 8.72. The molecular formula is C10H22F2N2O. The van der Waals surface area contributed by atoms with Gasteiger partial charge in [-0.1, -0.05) is 20.3 Å². The quantitative estimate of drug-likeness (QED) is 0.357. The number of ether oxygens (including phenoxy) is 1. The number of hydrogen-bond donors (Lipinski definition) is 2. The van der Waals surface area contributed by atoms with Gasteiger partial charge >= 0.3 is 0 Å². The summed E-state index contributed by atoms with van der Waals surface area (Å²) in [4.78, 5) is 0. The van der Waals surface area contributed by atoms with Crippen molar-refractivity contribution in [3.05, 3.63) is 0 Å². The Kier molecular flexibility index (Phi) is 8.85. The van der Waals surface area contributed by atoms with Crippen LogP contribution < -0.4 is 11.3 Å². The van der Waals surface area contributed by atoms with Crippen molar-refractivity contribution in [3.8, 4) is 0 Å². The van der Waals surface area contributed by atoms with Crippen LogP contribution in [0.5, 0.6) is 0 Å². The molecule has 0 bridgehead atoms. The molecule has 0 rings (SSSR count). The summed E-state index contributed by atoms with van der Waals surface area (Å²) in [6, 6.07) is 0.151. The van der Waals surface area contributed by atoms with Gasteiger partial charge in [-0.05, 0) is 18.8 Å². The van der Waals surface area contributed by atoms with Crippen LogP contribution in [0.3, 0.4) is 0 Å². The van der Waals surface area contributed by atoms with Gasteiger partial charge in [-0.2, -0.15) is 0 Å². The highest BCUT2D eigenvalue weighted by Crippen LogP contribution is 2.11. The molecular weight excluding hydrogens is 202 g/mol. The van der Waals surface area contributed by atoms with Gasteiger partial charge < -0.3 is 4.74 Å². The van der Waals surface area contributed by atoms with Gasteiger partial charge in [-0.25, -0.2) is 8.78 Å². The van der Waals surface area contributed by atoms with Crippen LogP contribution >= 0.6 is 0 Å². The highest BCUT2D eigenvalue weighted by atomic mass is 19.3. The molecule has 2 unspecified atom stereocenters. The fourth-order valence-corrected chi connectivity index (χ4v) is 1.32. The highest BCUT2D eigenvalue weighted by molar-refractivity contribution is 4.66. The van der Waals surface area contributed by atoms with Crippen LogP contribution in [0.1, 0.15) is 33.1 Å². The topological polar surface area (TPSA) is 47.3 Å². The van der Waals surface area contributed by atoms with E-state index in [1.807, 2.05) is 0 Å². The van der Waals surface area contributed by atoms with Gasteiger partial charge in [-0.3, -0.25) is 11.3 Å². The summed E-state index contributed by atoms with van der Waals surface area (Å²) in [5, 5.41) is 0. The lowest BCUT2D eigenvalue weighted by Gasteiger charge is -2.19. The van der Waals surface area contributed by atoms with Crippen molar-refractivity contribution in [3.63, 3.8) is 0 Å². The number of alkyl halides is 2. The summed E-state index contributed by atoms with van der Waals surface area (Å²) in [7, 11) is 0. The van der Waals surface area contributed by atoms with E-state index in [1.54, 1.807) is 0 Å². The van der Waals surface area contributed by atoms with Gasteiger partial charge in [0.2, 0.25) is 0 Å². The molecule has 0 aliphatic heterocycles. The Bertz CT molecular complexity index is 147. The maximum absolute atomic E-state index is 11.7. The number of hydrogen-bond acceptors (Lipinski definition) is 3. The molecule has 0 aliphatic rings. The minimum Gasteiger partial charge on any atom is -0.375 e. The molecule has 0 aromatic rings. The molecule has 2 atom stereocenters. The molecule has 92 valence electrons. The van der Waals surface area contributed by atoms with E-state index in [2.05, 4.69) is 19.3 Å². The van der Waals surface area contributed by atoms with E-state index >= 15 is 0 Å². The Labute approximate surface area is 90.3 Å². The molecule has 0 radical (unpaired) electrons. The standard InChI is InChI=1S/C10H22F2N2O/c1-3-8(2)6-9(14-13)4-5-15-7-10(11)12/h8-10,14H,3-7,13H2,1-2H3. The lowest BCUT2D eigenvalue weighted by atomic mass is 9.98. The first-order valence-corrected chi connectivity index (χ1v) is 5.42. The van der Waals surface area contributed by atoms with Crippen molar-refractivity contribution in [2.45, 2.75) is 45.6 Å². The maximum Gasteiger partial charge on any atom is 0.261 e. The summed E-state index contributed by atoms with van der Waals surface area (Å²) < 4.78 is 28.3. The van der Waals surface area contributed by atoms with Crippen LogP contribution in [0.25, 0.3) is 0 Å². The number of rotatable bonds is 9. The van der Waals surface area contributed by atoms with E-state index in [0.29, 0.717) is 18.9 Å². The lowest BCUT2D eigenvalue weighted by molar-refractivity contribution is 0.0138. The molecule has 0 saturated carbocycles. The molecule has 0 aromatic carbocycles. The molecule has 0 spiro atoms. The second-order valence-electron chi connectivity index (χ2n) is 3.87. The summed E-state index contributed by atoms with van der Waals surface area (Å²) in [5.41, 5.74) is 2.69. The smallest absolute Gasteiger partial charge is 0.261 e. The van der Waals surface area contributed by atoms with Crippen molar-refractivity contribution in [1.82, 2.24) is 5.43 Å². The minimum atomic E-state index is -2.39. The molecule has 0 saturated heterocycles. The minimum absolute atomic E-state index is 0.151. The molecule has 0 aliphatic carbocycles. The van der Waals surface area contributed by atoms with Gasteiger partial charge in [0, 0.05) is 12.6 Å². The second kappa shape index (κ2) is 9.00. The average molecular weight is 224 g/mol. The average Bonchev–Trinajstić information content (AvgIpc) is 2.21. The Morgan fingerprint density at radius 3 is 2.53 bits per heavy atom. The molecule has 0 amide bonds. The molecule has 0 aromatic heterocycles. The Hall–Kier alpha value is -0.260. The van der Waals surface area contributed by atoms with E-state index in [-0.39, 0.29) is 6.04 Å². The molecule has 15 heavy (non-hydrogen) atoms. The normalized spacial score (nSPS) is 15.6. The highest BCUT2D eigenvalue weighted by Gasteiger charge is 2.11. The van der Waals surface area contributed by atoms with Crippen molar-refractivity contribution in [2.24, 2.45) is 11.8 Å². The molecule has 5 heteroatoms. The molecule has 3 nitrogen and oxygen atoms in total. The molecule has 0 fully saturated rings. The van der Waals surface area contributed by atoms with Gasteiger partial charge in [-0.15, -0.1) is 0 Å². The first-order valence-electron chi connectivity index (χ1n) is 5.42. The number of halogens is 2. The van der Waals surface area contributed by atoms with Gasteiger partial charge in [0.1, 0.15) is 6.61 Å². The van der Waals surface area contributed by atoms with Crippen molar-refractivity contribution < 1.29 is 13.5 Å². The first kappa shape index (κ1) is 14.7. The monoisotopic (exact) mass is 224 g/mol. The van der Waals surface area contributed by atoms with Crippen LogP contribution in [-0.2, 0) is 4.74 Å². The predicted molar refractivity (Wildman–Crippen MR) is 56.6 cm³/mol. The van der Waals surface area contributed by atoms with Crippen LogP contribution in [0, 0.1) is 5.92 Å². The van der Waals surface area contributed by atoms with E-state index in [9.17, 15) is 8.78 Å². The van der Waals surface area contributed by atoms with Crippen LogP contribution in [0.4, 0.5) is 8.78 Å². The summed E-state index contributed by atoms with van der Waals surface area (Å²) in [6.07, 6.45) is 0.332. The van der Waals surface area contributed by atoms with Crippen molar-refractivity contribution in [2.75, 3.05) is 13.2 Å². The summed E-state index contributed by atoms with van der Waals surface area (Å²) >= 11 is 0. The van der Waals surface area contributed by atoms with Crippen molar-refractivity contribution >= 4 is 0 Å². The van der Waals surface area contributed by atoms with E-state index in [1.165, 1.54) is 0 Å². The summed E-state index contributed by atoms with van der Waals surface area (Å²) in [6.45, 7) is 4.10. The largest absolute Gasteiger partial charge is 0.375 e. The van der Waals surface area contributed by atoms with Gasteiger partial charge in [0.15, 0.2) is 0 Å². The summed E-state index contributed by atoms with van der Waals surface area (Å²) in [5.74, 6) is 5.95. The lowest BCUT2D eigenvalue weighted by Crippen LogP contribution is -2.37. The molecule has 0 heterocycles. The van der Waals surface area contributed by atoms with Crippen LogP contribution in [0.15, 0.2) is 0 Å². The third-order valence-corrected chi connectivity index (χ3v) is 2.47. The zero-order valence-electron chi connectivity index (χ0n) is 9.51. The Morgan fingerprint density at radius 1 is 1.40 bits per heavy atom. The molecule has 3 N–H and O–H groups in total. The number of nitrogens with one attached hydrogen (secondary N) is 1. The Balaban J connectivity index is 3.52. The van der Waals surface area contributed by atoms with Crippen molar-refractivity contribution in [1.29, 1.82) is 0 Å². The van der Waals surface area contributed by atoms with Gasteiger partial charge in [0.25, 0.3) is 6.43 Å². The Morgan fingerprint density at radius 2 is 2.07 bits per heavy atom. The fourth-order valence-electron chi connectivity index (χ4n) is 1.32. The number of nitrogens with two attached hydrogens (primary N) is 1. The van der Waals surface area contributed by atoms with E-state index in [0.717, 1.165) is 12.8 Å². The first-order chi connectivity index (χ1) is 7.10. The maximum atomic E-state index is 11.7. The van der Waals surface area contributed by atoms with E-state index in [4.69, 9.17) is 10.6 Å². The third-order valence-electron chi connectivity index (χ3n) is 2.47. The predicted octanol–water partition coefficient (Wildman–Crippen LogP) is 1.93. The van der Waals surface area contributed by atoms with Crippen LogP contribution in [-0.4, -0.2) is 25.7 Å². The zero-order chi connectivity index (χ0) is 11.7. The number of hydrazine groups is 1. The van der Waals surface area contributed by atoms with Gasteiger partial charge in [0.05, 0.1) is 0 Å². The second-order valence-corrected chi connectivity index (χ2v) is 3.87.